The van der Waals surface area contributed by atoms with Gasteiger partial charge < -0.3 is 25.5 Å². The van der Waals surface area contributed by atoms with Crippen LogP contribution >= 0.6 is 23.5 Å². The number of thioether (sulfide) groups is 2. The van der Waals surface area contributed by atoms with E-state index in [-0.39, 0.29) is 35.7 Å². The molecule has 2 aliphatic heterocycles. The molecule has 0 spiro atoms. The molecule has 2 aromatic rings. The van der Waals surface area contributed by atoms with Crippen molar-refractivity contribution in [2.45, 2.75) is 22.4 Å². The van der Waals surface area contributed by atoms with Gasteiger partial charge in [-0.25, -0.2) is 0 Å². The van der Waals surface area contributed by atoms with Crippen molar-refractivity contribution in [3.8, 4) is 0 Å². The molecule has 0 radical (unpaired) electrons. The summed E-state index contributed by atoms with van der Waals surface area (Å²) in [7, 11) is -4.38. The normalized spacial score (nSPS) is 22.8. The van der Waals surface area contributed by atoms with E-state index in [1.807, 2.05) is 0 Å². The second kappa shape index (κ2) is 10.9. The van der Waals surface area contributed by atoms with Crippen LogP contribution in [0.1, 0.15) is 5.89 Å². The molecule has 4 rings (SSSR count). The van der Waals surface area contributed by atoms with Crippen molar-refractivity contribution in [3.05, 3.63) is 30.2 Å². The van der Waals surface area contributed by atoms with Crippen molar-refractivity contribution in [1.82, 2.24) is 15.1 Å². The molecule has 2 fully saturated rings. The van der Waals surface area contributed by atoms with Gasteiger partial charge in [0, 0.05) is 29.4 Å². The molecule has 2 aliphatic rings. The van der Waals surface area contributed by atoms with Gasteiger partial charge in [-0.3, -0.25) is 28.6 Å². The first-order chi connectivity index (χ1) is 18.0. The number of fused-ring (bicyclic) bond motifs is 1. The number of hydrogen-bond acceptors (Lipinski definition) is 12. The molecule has 15 nitrogen and oxygen atoms in total. The number of carboxylic acids is 1. The van der Waals surface area contributed by atoms with Crippen molar-refractivity contribution >= 4 is 69.2 Å². The average molecular weight is 587 g/mol. The van der Waals surface area contributed by atoms with Crippen molar-refractivity contribution in [2.24, 2.45) is 11.1 Å². The number of carbonyl (C=O) groups excluding carboxylic acids is 3. The summed E-state index contributed by atoms with van der Waals surface area (Å²) in [5.74, 6) is -3.29. The molecule has 0 saturated carbocycles. The lowest BCUT2D eigenvalue weighted by atomic mass is 9.89. The maximum absolute atomic E-state index is 13.2. The molecular formula is C20H22N6O9S3. The van der Waals surface area contributed by atoms with Crippen LogP contribution in [-0.2, 0) is 35.0 Å². The Morgan fingerprint density at radius 3 is 2.66 bits per heavy atom. The number of nitrogens with zero attached hydrogens (tertiary/aromatic N) is 4. The smallest absolute Gasteiger partial charge is 0.313 e. The number of nitrogens with two attached hydrogens (primary N) is 1. The highest BCUT2D eigenvalue weighted by Crippen LogP contribution is 2.46. The Morgan fingerprint density at radius 2 is 2.05 bits per heavy atom. The lowest BCUT2D eigenvalue weighted by molar-refractivity contribution is -0.156. The minimum absolute atomic E-state index is 0.0688. The Kier molecular flexibility index (Phi) is 7.98. The van der Waals surface area contributed by atoms with Crippen molar-refractivity contribution in [1.29, 1.82) is 0 Å². The number of hydrogen-bond donors (Lipinski definition) is 4. The van der Waals surface area contributed by atoms with E-state index in [1.165, 1.54) is 21.6 Å². The quantitative estimate of drug-likeness (QED) is 0.112. The highest BCUT2D eigenvalue weighted by molar-refractivity contribution is 8.00. The molecule has 3 atom stereocenters. The summed E-state index contributed by atoms with van der Waals surface area (Å²) in [6.07, 6.45) is 0.508. The molecule has 204 valence electrons. The Labute approximate surface area is 224 Å². The fourth-order valence-electron chi connectivity index (χ4n) is 4.04. The standard InChI is InChI=1S/C20H22N6O9S3/c21-5-14(28)26(12-3-1-11(2-4-12)22-10-27)15-16(29)25-7-20(18(30)31,8-36-17(15)25)9-37-19-24-23-13(35-19)6-38(32,33)34/h1-4,10,15,17H,5-9,21H2,(H,22,27)(H,30,31)(H,32,33,34)/t15?,17-,20?/m1/s1. The van der Waals surface area contributed by atoms with Gasteiger partial charge in [0.1, 0.15) is 16.8 Å². The van der Waals surface area contributed by atoms with Gasteiger partial charge in [0.2, 0.25) is 24.1 Å². The number of benzene rings is 1. The van der Waals surface area contributed by atoms with Crippen LogP contribution in [-0.4, -0.2) is 93.4 Å². The van der Waals surface area contributed by atoms with Crippen molar-refractivity contribution in [3.63, 3.8) is 0 Å². The van der Waals surface area contributed by atoms with E-state index in [0.29, 0.717) is 17.8 Å². The summed E-state index contributed by atoms with van der Waals surface area (Å²) < 4.78 is 36.0. The number of aromatic nitrogens is 2. The SMILES string of the molecule is NCC(=O)N(c1ccc(NC=O)cc1)C1C(=O)N2CC(CSc3nnc(CS(=O)(=O)O)o3)(C(=O)O)CS[C@H]12. The molecule has 3 heterocycles. The average Bonchev–Trinajstić information content (AvgIpc) is 3.31. The Bertz CT molecular complexity index is 1350. The maximum atomic E-state index is 13.2. The van der Waals surface area contributed by atoms with Crippen LogP contribution < -0.4 is 16.0 Å². The molecule has 2 unspecified atom stereocenters. The molecule has 5 N–H and O–H groups in total. The first-order valence-corrected chi connectivity index (χ1v) is 14.5. The topological polar surface area (TPSA) is 226 Å². The van der Waals surface area contributed by atoms with E-state index >= 15 is 0 Å². The molecule has 2 saturated heterocycles. The molecular weight excluding hydrogens is 564 g/mol. The van der Waals surface area contributed by atoms with Gasteiger partial charge in [-0.2, -0.15) is 8.42 Å². The third-order valence-electron chi connectivity index (χ3n) is 5.89. The van der Waals surface area contributed by atoms with Gasteiger partial charge in [0.15, 0.2) is 5.75 Å². The number of aliphatic carboxylic acids is 1. The van der Waals surface area contributed by atoms with Crippen LogP contribution in [0.4, 0.5) is 11.4 Å². The summed E-state index contributed by atoms with van der Waals surface area (Å²) in [6, 6.07) is 5.39. The van der Waals surface area contributed by atoms with Crippen LogP contribution in [0.5, 0.6) is 0 Å². The first-order valence-electron chi connectivity index (χ1n) is 10.9. The van der Waals surface area contributed by atoms with Crippen LogP contribution in [0.25, 0.3) is 0 Å². The zero-order chi connectivity index (χ0) is 27.7. The zero-order valence-corrected chi connectivity index (χ0v) is 21.9. The molecule has 3 amide bonds. The molecule has 18 heteroatoms. The summed E-state index contributed by atoms with van der Waals surface area (Å²) in [6.45, 7) is -0.490. The second-order valence-corrected chi connectivity index (χ2v) is 11.9. The van der Waals surface area contributed by atoms with E-state index in [9.17, 15) is 32.7 Å². The highest BCUT2D eigenvalue weighted by Gasteiger charge is 2.59. The zero-order valence-electron chi connectivity index (χ0n) is 19.4. The maximum Gasteiger partial charge on any atom is 0.313 e. The fraction of sp³-hybridized carbons (Fsp3) is 0.400. The van der Waals surface area contributed by atoms with Gasteiger partial charge in [-0.15, -0.1) is 22.0 Å². The molecule has 0 aliphatic carbocycles. The van der Waals surface area contributed by atoms with E-state index < -0.39 is 50.5 Å². The Balaban J connectivity index is 1.48. The number of amides is 3. The number of rotatable bonds is 11. The number of anilines is 2. The van der Waals surface area contributed by atoms with Gasteiger partial charge in [0.05, 0.1) is 6.54 Å². The molecule has 38 heavy (non-hydrogen) atoms. The first kappa shape index (κ1) is 27.8. The number of nitrogens with one attached hydrogen (secondary N) is 1. The van der Waals surface area contributed by atoms with E-state index in [2.05, 4.69) is 15.5 Å². The Hall–Kier alpha value is -3.19. The van der Waals surface area contributed by atoms with Crippen molar-refractivity contribution in [2.75, 3.05) is 34.8 Å². The predicted molar refractivity (Wildman–Crippen MR) is 135 cm³/mol. The lowest BCUT2D eigenvalue weighted by Crippen LogP contribution is -2.75. The summed E-state index contributed by atoms with van der Waals surface area (Å²) in [4.78, 5) is 51.6. The summed E-state index contributed by atoms with van der Waals surface area (Å²) in [5.41, 5.74) is 5.10. The van der Waals surface area contributed by atoms with Gasteiger partial charge in [-0.1, -0.05) is 11.8 Å². The second-order valence-electron chi connectivity index (χ2n) is 8.45. The number of β-lactam (4-membered cyclic amide) rings is 1. The summed E-state index contributed by atoms with van der Waals surface area (Å²) in [5, 5.41) is 19.1. The van der Waals surface area contributed by atoms with E-state index in [4.69, 9.17) is 14.7 Å². The van der Waals surface area contributed by atoms with E-state index in [0.717, 1.165) is 11.8 Å². The van der Waals surface area contributed by atoms with Crippen LogP contribution in [0.15, 0.2) is 33.9 Å². The highest BCUT2D eigenvalue weighted by atomic mass is 32.2. The van der Waals surface area contributed by atoms with Gasteiger partial charge in [0.25, 0.3) is 15.3 Å². The Morgan fingerprint density at radius 1 is 1.34 bits per heavy atom. The van der Waals surface area contributed by atoms with Crippen LogP contribution in [0.2, 0.25) is 0 Å². The third kappa shape index (κ3) is 5.63. The minimum atomic E-state index is -4.38. The lowest BCUT2D eigenvalue weighted by Gasteiger charge is -2.56. The summed E-state index contributed by atoms with van der Waals surface area (Å²) >= 11 is 2.10. The van der Waals surface area contributed by atoms with Gasteiger partial charge >= 0.3 is 5.97 Å². The number of carbonyl (C=O) groups is 4. The van der Waals surface area contributed by atoms with Crippen molar-refractivity contribution < 1.29 is 41.7 Å². The van der Waals surface area contributed by atoms with Crippen LogP contribution in [0, 0.1) is 5.41 Å². The number of carboxylic acid groups (broad SMARTS) is 1. The van der Waals surface area contributed by atoms with Gasteiger partial charge in [-0.05, 0) is 24.3 Å². The largest absolute Gasteiger partial charge is 0.481 e. The van der Waals surface area contributed by atoms with E-state index in [1.54, 1.807) is 24.3 Å². The fourth-order valence-corrected chi connectivity index (χ4v) is 7.16. The monoisotopic (exact) mass is 586 g/mol. The third-order valence-corrected chi connectivity index (χ3v) is 9.18. The molecule has 0 bridgehead atoms. The van der Waals surface area contributed by atoms with Crippen LogP contribution in [0.3, 0.4) is 0 Å². The molecule has 1 aromatic heterocycles. The predicted octanol–water partition coefficient (Wildman–Crippen LogP) is -0.536. The molecule has 1 aromatic carbocycles. The minimum Gasteiger partial charge on any atom is -0.481 e.